The van der Waals surface area contributed by atoms with Gasteiger partial charge in [-0.3, -0.25) is 4.79 Å². The second-order valence-electron chi connectivity index (χ2n) is 5.15. The van der Waals surface area contributed by atoms with E-state index in [1.54, 1.807) is 18.2 Å². The van der Waals surface area contributed by atoms with E-state index in [-0.39, 0.29) is 17.8 Å². The summed E-state index contributed by atoms with van der Waals surface area (Å²) in [5.41, 5.74) is 0.580. The number of nitrogens with zero attached hydrogens (tertiary/aromatic N) is 1. The van der Waals surface area contributed by atoms with Crippen LogP contribution in [0.25, 0.3) is 0 Å². The largest absolute Gasteiger partial charge is 0.374 e. The standard InChI is InChI=1S/C15H21FN2O2/c1-18-8-9-20-13(11-18)10-17-15(19)7-6-12-4-2-3-5-14(12)16/h2-5,13H,6-11H2,1H3,(H,17,19). The van der Waals surface area contributed by atoms with Crippen molar-refractivity contribution in [3.05, 3.63) is 35.6 Å². The maximum atomic E-state index is 13.4. The van der Waals surface area contributed by atoms with Gasteiger partial charge < -0.3 is 15.0 Å². The maximum Gasteiger partial charge on any atom is 0.220 e. The van der Waals surface area contributed by atoms with Gasteiger partial charge in [0.1, 0.15) is 5.82 Å². The minimum absolute atomic E-state index is 0.0474. The molecule has 4 nitrogen and oxygen atoms in total. The van der Waals surface area contributed by atoms with Crippen molar-refractivity contribution in [3.8, 4) is 0 Å². The van der Waals surface area contributed by atoms with Crippen LogP contribution in [0, 0.1) is 5.82 Å². The van der Waals surface area contributed by atoms with Crippen molar-refractivity contribution in [2.45, 2.75) is 18.9 Å². The number of carbonyl (C=O) groups excluding carboxylic acids is 1. The van der Waals surface area contributed by atoms with E-state index in [0.717, 1.165) is 13.1 Å². The van der Waals surface area contributed by atoms with Crippen LogP contribution in [0.5, 0.6) is 0 Å². The molecule has 1 unspecified atom stereocenters. The molecule has 1 amide bonds. The molecule has 5 heteroatoms. The Labute approximate surface area is 118 Å². The zero-order chi connectivity index (χ0) is 14.4. The smallest absolute Gasteiger partial charge is 0.220 e. The third kappa shape index (κ3) is 4.58. The van der Waals surface area contributed by atoms with E-state index in [1.165, 1.54) is 6.07 Å². The summed E-state index contributed by atoms with van der Waals surface area (Å²) in [5.74, 6) is -0.317. The zero-order valence-electron chi connectivity index (χ0n) is 11.8. The van der Waals surface area contributed by atoms with E-state index < -0.39 is 0 Å². The number of nitrogens with one attached hydrogen (secondary N) is 1. The molecule has 0 aromatic heterocycles. The molecular formula is C15H21FN2O2. The fourth-order valence-corrected chi connectivity index (χ4v) is 2.26. The van der Waals surface area contributed by atoms with Crippen LogP contribution in [0.3, 0.4) is 0 Å². The highest BCUT2D eigenvalue weighted by molar-refractivity contribution is 5.76. The molecule has 0 radical (unpaired) electrons. The Bertz CT molecular complexity index is 453. The molecule has 0 spiro atoms. The monoisotopic (exact) mass is 280 g/mol. The van der Waals surface area contributed by atoms with E-state index in [4.69, 9.17) is 4.74 Å². The average molecular weight is 280 g/mol. The Morgan fingerprint density at radius 1 is 1.50 bits per heavy atom. The highest BCUT2D eigenvalue weighted by atomic mass is 19.1. The first-order chi connectivity index (χ1) is 9.65. The third-order valence-electron chi connectivity index (χ3n) is 3.45. The number of hydrogen-bond acceptors (Lipinski definition) is 3. The van der Waals surface area contributed by atoms with Crippen LogP contribution >= 0.6 is 0 Å². The molecule has 1 heterocycles. The van der Waals surface area contributed by atoms with E-state index >= 15 is 0 Å². The number of aryl methyl sites for hydroxylation is 1. The van der Waals surface area contributed by atoms with Gasteiger partial charge in [0, 0.05) is 26.1 Å². The lowest BCUT2D eigenvalue weighted by Crippen LogP contribution is -2.45. The Kier molecular flexibility index (Phi) is 5.49. The van der Waals surface area contributed by atoms with Crippen molar-refractivity contribution in [1.29, 1.82) is 0 Å². The predicted octanol–water partition coefficient (Wildman–Crippen LogP) is 1.21. The number of benzene rings is 1. The van der Waals surface area contributed by atoms with Crippen LogP contribution in [0.1, 0.15) is 12.0 Å². The summed E-state index contributed by atoms with van der Waals surface area (Å²) < 4.78 is 19.0. The minimum Gasteiger partial charge on any atom is -0.374 e. The van der Waals surface area contributed by atoms with Gasteiger partial charge in [0.25, 0.3) is 0 Å². The molecule has 1 aromatic carbocycles. The number of amides is 1. The lowest BCUT2D eigenvalue weighted by molar-refractivity contribution is -0.122. The van der Waals surface area contributed by atoms with Gasteiger partial charge in [-0.25, -0.2) is 4.39 Å². The van der Waals surface area contributed by atoms with Crippen molar-refractivity contribution in [2.75, 3.05) is 33.3 Å². The third-order valence-corrected chi connectivity index (χ3v) is 3.45. The van der Waals surface area contributed by atoms with Gasteiger partial charge in [0.2, 0.25) is 5.91 Å². The van der Waals surface area contributed by atoms with E-state index in [1.807, 2.05) is 7.05 Å². The number of morpholine rings is 1. The lowest BCUT2D eigenvalue weighted by atomic mass is 10.1. The first-order valence-corrected chi connectivity index (χ1v) is 6.95. The van der Waals surface area contributed by atoms with Gasteiger partial charge in [-0.2, -0.15) is 0 Å². The molecule has 1 N–H and O–H groups in total. The van der Waals surface area contributed by atoms with Crippen molar-refractivity contribution in [2.24, 2.45) is 0 Å². The molecule has 0 aliphatic carbocycles. The topological polar surface area (TPSA) is 41.6 Å². The Morgan fingerprint density at radius 2 is 2.30 bits per heavy atom. The van der Waals surface area contributed by atoms with Gasteiger partial charge in [0.15, 0.2) is 0 Å². The Hall–Kier alpha value is -1.46. The zero-order valence-corrected chi connectivity index (χ0v) is 11.8. The highest BCUT2D eigenvalue weighted by Crippen LogP contribution is 2.08. The number of rotatable bonds is 5. The number of ether oxygens (including phenoxy) is 1. The molecule has 20 heavy (non-hydrogen) atoms. The van der Waals surface area contributed by atoms with Gasteiger partial charge >= 0.3 is 0 Å². The molecule has 0 saturated carbocycles. The summed E-state index contributed by atoms with van der Waals surface area (Å²) >= 11 is 0. The van der Waals surface area contributed by atoms with Crippen LogP contribution in [-0.4, -0.2) is 50.2 Å². The van der Waals surface area contributed by atoms with Crippen LogP contribution in [0.15, 0.2) is 24.3 Å². The number of carbonyl (C=O) groups is 1. The molecule has 1 saturated heterocycles. The second-order valence-corrected chi connectivity index (χ2v) is 5.15. The molecule has 110 valence electrons. The van der Waals surface area contributed by atoms with Gasteiger partial charge in [0.05, 0.1) is 12.7 Å². The van der Waals surface area contributed by atoms with Crippen molar-refractivity contribution in [3.63, 3.8) is 0 Å². The Balaban J connectivity index is 1.69. The van der Waals surface area contributed by atoms with E-state index in [2.05, 4.69) is 10.2 Å². The first kappa shape index (κ1) is 14.9. The predicted molar refractivity (Wildman–Crippen MR) is 75.0 cm³/mol. The first-order valence-electron chi connectivity index (χ1n) is 6.95. The van der Waals surface area contributed by atoms with Crippen LogP contribution in [0.2, 0.25) is 0 Å². The maximum absolute atomic E-state index is 13.4. The summed E-state index contributed by atoms with van der Waals surface area (Å²) in [5, 5.41) is 2.85. The van der Waals surface area contributed by atoms with Gasteiger partial charge in [-0.15, -0.1) is 0 Å². The summed E-state index contributed by atoms with van der Waals surface area (Å²) in [4.78, 5) is 13.9. The fourth-order valence-electron chi connectivity index (χ4n) is 2.26. The Morgan fingerprint density at radius 3 is 3.05 bits per heavy atom. The van der Waals surface area contributed by atoms with Crippen LogP contribution in [-0.2, 0) is 16.0 Å². The molecule has 1 aliphatic heterocycles. The van der Waals surface area contributed by atoms with Crippen molar-refractivity contribution in [1.82, 2.24) is 10.2 Å². The molecule has 1 aliphatic rings. The summed E-state index contributed by atoms with van der Waals surface area (Å²) in [6.45, 7) is 2.97. The van der Waals surface area contributed by atoms with Crippen molar-refractivity contribution >= 4 is 5.91 Å². The van der Waals surface area contributed by atoms with Crippen LogP contribution < -0.4 is 5.32 Å². The molecule has 0 bridgehead atoms. The molecular weight excluding hydrogens is 259 g/mol. The van der Waals surface area contributed by atoms with E-state index in [0.29, 0.717) is 31.6 Å². The summed E-state index contributed by atoms with van der Waals surface area (Å²) in [6, 6.07) is 6.55. The quantitative estimate of drug-likeness (QED) is 0.881. The highest BCUT2D eigenvalue weighted by Gasteiger charge is 2.18. The van der Waals surface area contributed by atoms with Gasteiger partial charge in [-0.05, 0) is 25.1 Å². The molecule has 1 aromatic rings. The average Bonchev–Trinajstić information content (AvgIpc) is 2.44. The number of hydrogen-bond donors (Lipinski definition) is 1. The molecule has 2 rings (SSSR count). The lowest BCUT2D eigenvalue weighted by Gasteiger charge is -2.30. The normalized spacial score (nSPS) is 19.8. The molecule has 1 fully saturated rings. The second kappa shape index (κ2) is 7.36. The fraction of sp³-hybridized carbons (Fsp3) is 0.533. The van der Waals surface area contributed by atoms with Crippen LogP contribution in [0.4, 0.5) is 4.39 Å². The summed E-state index contributed by atoms with van der Waals surface area (Å²) in [6.07, 6.45) is 0.763. The van der Waals surface area contributed by atoms with E-state index in [9.17, 15) is 9.18 Å². The number of halogens is 1. The minimum atomic E-state index is -0.252. The molecule has 1 atom stereocenters. The van der Waals surface area contributed by atoms with Crippen molar-refractivity contribution < 1.29 is 13.9 Å². The summed E-state index contributed by atoms with van der Waals surface area (Å²) in [7, 11) is 2.04. The SMILES string of the molecule is CN1CCOC(CNC(=O)CCc2ccccc2F)C1. The van der Waals surface area contributed by atoms with Gasteiger partial charge in [-0.1, -0.05) is 18.2 Å². The number of likely N-dealkylation sites (N-methyl/N-ethyl adjacent to an activating group) is 1.